The molecule has 0 amide bonds. The highest BCUT2D eigenvalue weighted by molar-refractivity contribution is 7.88. The number of hydrogen-bond donors (Lipinski definition) is 0. The van der Waals surface area contributed by atoms with Gasteiger partial charge >= 0.3 is 66.8 Å². The van der Waals surface area contributed by atoms with Gasteiger partial charge in [0, 0.05) is 11.1 Å². The smallest absolute Gasteiger partial charge is 0.377 e. The number of alkyl halides is 18. The molecule has 0 saturated carbocycles. The van der Waals surface area contributed by atoms with Crippen LogP contribution in [0.1, 0.15) is 0 Å². The van der Waals surface area contributed by atoms with Crippen LogP contribution in [-0.4, -0.2) is 63.4 Å². The molecule has 402 valence electrons. The number of para-hydroxylation sites is 2. The van der Waals surface area contributed by atoms with Crippen LogP contribution in [0.15, 0.2) is 170 Å². The molecule has 0 aromatic heterocycles. The lowest BCUT2D eigenvalue weighted by Crippen LogP contribution is -2.63. The number of halogens is 18. The molecule has 0 spiro atoms. The summed E-state index contributed by atoms with van der Waals surface area (Å²) in [6.45, 7) is 0. The average molecular weight is 1130 g/mol. The lowest BCUT2D eigenvalue weighted by Gasteiger charge is -2.32. The second-order valence-electron chi connectivity index (χ2n) is 16.2. The summed E-state index contributed by atoms with van der Waals surface area (Å²) in [7, 11) is -14.5. The molecule has 0 unspecified atom stereocenters. The number of benzene rings is 7. The van der Waals surface area contributed by atoms with Gasteiger partial charge in [0.2, 0.25) is 0 Å². The van der Waals surface area contributed by atoms with Crippen molar-refractivity contribution < 1.29 is 104 Å². The van der Waals surface area contributed by atoms with Crippen LogP contribution in [0.2, 0.25) is 0 Å². The minimum Gasteiger partial charge on any atom is -0.377 e. The highest BCUT2D eigenvalue weighted by Gasteiger charge is 2.87. The van der Waals surface area contributed by atoms with E-state index >= 15 is 0 Å². The van der Waals surface area contributed by atoms with Crippen molar-refractivity contribution in [2.45, 2.75) is 46.6 Å². The van der Waals surface area contributed by atoms with Crippen molar-refractivity contribution in [3.05, 3.63) is 170 Å². The predicted octanol–water partition coefficient (Wildman–Crippen LogP) is 16.0. The van der Waals surface area contributed by atoms with E-state index in [1.54, 1.807) is 72.8 Å². The van der Waals surface area contributed by atoms with Crippen molar-refractivity contribution in [3.63, 3.8) is 0 Å². The Balaban J connectivity index is 1.12. The van der Waals surface area contributed by atoms with E-state index in [1.165, 1.54) is 60.7 Å². The summed E-state index contributed by atoms with van der Waals surface area (Å²) >= 11 is 0. The molecule has 26 heteroatoms. The van der Waals surface area contributed by atoms with Gasteiger partial charge in [0.1, 0.15) is 0 Å². The van der Waals surface area contributed by atoms with Crippen LogP contribution in [0.3, 0.4) is 0 Å². The normalized spacial score (nSPS) is 13.6. The minimum absolute atomic E-state index is 0.00939. The zero-order chi connectivity index (χ0) is 56.3. The van der Waals surface area contributed by atoms with Crippen molar-refractivity contribution in [2.24, 2.45) is 0 Å². The quantitative estimate of drug-likeness (QED) is 0.0708. The fourth-order valence-corrected chi connectivity index (χ4v) is 9.25. The van der Waals surface area contributed by atoms with Crippen molar-refractivity contribution in [3.8, 4) is 78.3 Å². The topological polar surface area (TPSA) is 86.7 Å². The highest BCUT2D eigenvalue weighted by atomic mass is 32.2. The third-order valence-electron chi connectivity index (χ3n) is 11.4. The first-order valence-corrected chi connectivity index (χ1v) is 23.8. The Morgan fingerprint density at radius 2 is 0.434 bits per heavy atom. The zero-order valence-corrected chi connectivity index (χ0v) is 38.9. The fraction of sp³-hybridized carbons (Fsp3) is 0.160. The maximum atomic E-state index is 14.5. The molecule has 0 radical (unpaired) electrons. The Hall–Kier alpha value is -7.22. The summed E-state index contributed by atoms with van der Waals surface area (Å²) in [5, 5.41) is -14.2. The molecule has 0 bridgehead atoms. The van der Waals surface area contributed by atoms with Crippen LogP contribution in [0.25, 0.3) is 66.8 Å². The summed E-state index contributed by atoms with van der Waals surface area (Å²) in [4.78, 5) is 0. The first-order valence-electron chi connectivity index (χ1n) is 21.0. The van der Waals surface area contributed by atoms with Gasteiger partial charge < -0.3 is 8.37 Å². The monoisotopic (exact) mass is 1130 g/mol. The van der Waals surface area contributed by atoms with Crippen LogP contribution >= 0.6 is 0 Å². The van der Waals surface area contributed by atoms with Crippen molar-refractivity contribution in [1.29, 1.82) is 0 Å². The summed E-state index contributed by atoms with van der Waals surface area (Å²) in [6.07, 6.45) is -14.6. The van der Waals surface area contributed by atoms with E-state index in [0.29, 0.717) is 56.6 Å². The van der Waals surface area contributed by atoms with Crippen LogP contribution in [0, 0.1) is 0 Å². The van der Waals surface area contributed by atoms with E-state index in [0.717, 1.165) is 24.3 Å². The van der Waals surface area contributed by atoms with Crippen LogP contribution in [-0.2, 0) is 20.2 Å². The third-order valence-corrected chi connectivity index (χ3v) is 14.0. The van der Waals surface area contributed by atoms with Gasteiger partial charge in [-0.05, 0) is 67.8 Å². The lowest BCUT2D eigenvalue weighted by molar-refractivity contribution is -0.382. The number of hydrogen-bond acceptors (Lipinski definition) is 6. The van der Waals surface area contributed by atoms with Gasteiger partial charge in [-0.1, -0.05) is 158 Å². The molecule has 0 aliphatic heterocycles. The summed E-state index contributed by atoms with van der Waals surface area (Å²) in [5.74, 6) is -32.3. The third kappa shape index (κ3) is 9.68. The Bertz CT molecular complexity index is 3260. The molecule has 7 aromatic rings. The van der Waals surface area contributed by atoms with Gasteiger partial charge in [-0.15, -0.1) is 0 Å². The SMILES string of the molecule is O=S(=O)(Oc1ccccc1-c1ccc(-c2ccccc2-c2ccc(-c3ccccc3-c3ccc(-c4ccccc4OS(=O)(=O)C(F)(F)C(F)(F)C(F)(F)C(F)(F)F)cc3)cc2)cc1)C(F)(F)C(F)(F)C(F)(F)C(F)(F)F. The van der Waals surface area contributed by atoms with E-state index in [-0.39, 0.29) is 22.3 Å². The summed E-state index contributed by atoms with van der Waals surface area (Å²) < 4.78 is 302. The summed E-state index contributed by atoms with van der Waals surface area (Å²) in [6, 6.07) is 39.7. The maximum Gasteiger partial charge on any atom is 0.460 e. The fourth-order valence-electron chi connectivity index (χ4n) is 7.39. The van der Waals surface area contributed by atoms with Crippen LogP contribution in [0.5, 0.6) is 11.5 Å². The molecule has 0 fully saturated rings. The largest absolute Gasteiger partial charge is 0.460 e. The van der Waals surface area contributed by atoms with Gasteiger partial charge in [-0.3, -0.25) is 0 Å². The molecular formula is C50H28F18O6S2. The van der Waals surface area contributed by atoms with Gasteiger partial charge in [0.15, 0.2) is 11.5 Å². The molecular weight excluding hydrogens is 1100 g/mol. The second-order valence-corrected chi connectivity index (χ2v) is 19.4. The molecule has 7 aromatic carbocycles. The molecule has 7 rings (SSSR count). The van der Waals surface area contributed by atoms with E-state index in [4.69, 9.17) is 0 Å². The minimum atomic E-state index is -7.52. The molecule has 0 heterocycles. The molecule has 0 N–H and O–H groups in total. The molecule has 0 saturated heterocycles. The second kappa shape index (κ2) is 19.4. The van der Waals surface area contributed by atoms with Crippen molar-refractivity contribution >= 4 is 20.2 Å². The first-order chi connectivity index (χ1) is 35.0. The van der Waals surface area contributed by atoms with Crippen molar-refractivity contribution in [2.75, 3.05) is 0 Å². The lowest BCUT2D eigenvalue weighted by atomic mass is 9.90. The average Bonchev–Trinajstić information content (AvgIpc) is 3.41. The standard InChI is InChI=1S/C50H28F18O6S2/c51-43(52,47(59,60)61)45(55,56)49(65,66)75(69,70)73-41-15-7-5-13-39(41)33-25-21-31(22-26-33)37-11-3-1-9-35(37)29-17-19-30(20-18-29)36-10-2-4-12-38(36)32-23-27-34(28-24-32)40-14-6-8-16-42(40)74-76(71,72)50(67,68)46(57,58)44(53,54)48(62,63)64/h1-28H. The molecule has 0 atom stereocenters. The first kappa shape index (κ1) is 56.5. The zero-order valence-electron chi connectivity index (χ0n) is 37.2. The van der Waals surface area contributed by atoms with Gasteiger partial charge in [0.25, 0.3) is 0 Å². The maximum absolute atomic E-state index is 14.5. The van der Waals surface area contributed by atoms with Gasteiger partial charge in [-0.25, -0.2) is 0 Å². The Morgan fingerprint density at radius 3 is 0.645 bits per heavy atom. The van der Waals surface area contributed by atoms with E-state index in [2.05, 4.69) is 8.37 Å². The Labute approximate surface area is 418 Å². The Kier molecular flexibility index (Phi) is 14.4. The molecule has 0 aliphatic rings. The van der Waals surface area contributed by atoms with Gasteiger partial charge in [-0.2, -0.15) is 95.9 Å². The molecule has 76 heavy (non-hydrogen) atoms. The van der Waals surface area contributed by atoms with E-state index in [1.807, 2.05) is 0 Å². The van der Waals surface area contributed by atoms with E-state index < -0.39 is 78.3 Å². The van der Waals surface area contributed by atoms with Crippen molar-refractivity contribution in [1.82, 2.24) is 0 Å². The highest BCUT2D eigenvalue weighted by Crippen LogP contribution is 2.57. The predicted molar refractivity (Wildman–Crippen MR) is 240 cm³/mol. The Morgan fingerprint density at radius 1 is 0.250 bits per heavy atom. The molecule has 6 nitrogen and oxygen atoms in total. The number of rotatable bonds is 16. The van der Waals surface area contributed by atoms with E-state index in [9.17, 15) is 95.9 Å². The van der Waals surface area contributed by atoms with Crippen LogP contribution < -0.4 is 8.37 Å². The van der Waals surface area contributed by atoms with Crippen LogP contribution in [0.4, 0.5) is 79.0 Å². The summed E-state index contributed by atoms with van der Waals surface area (Å²) in [5.41, 5.74) is 3.92. The molecule has 0 aliphatic carbocycles. The van der Waals surface area contributed by atoms with Gasteiger partial charge in [0.05, 0.1) is 0 Å².